The number of ether oxygens (including phenoxy) is 2. The van der Waals surface area contributed by atoms with Crippen molar-refractivity contribution in [1.29, 1.82) is 0 Å². The van der Waals surface area contributed by atoms with Crippen LogP contribution in [0.5, 0.6) is 11.5 Å². The summed E-state index contributed by atoms with van der Waals surface area (Å²) in [6.45, 7) is 3.21. The molecule has 4 aromatic rings. The van der Waals surface area contributed by atoms with Crippen LogP contribution in [-0.4, -0.2) is 21.8 Å². The number of hydrogen-bond acceptors (Lipinski definition) is 5. The largest absolute Gasteiger partial charge is 0.454 e. The lowest BCUT2D eigenvalue weighted by Crippen LogP contribution is -2.35. The first-order chi connectivity index (χ1) is 15.5. The Hall–Kier alpha value is -3.36. The van der Waals surface area contributed by atoms with Gasteiger partial charge in [0.05, 0.1) is 18.6 Å². The molecule has 0 aliphatic carbocycles. The zero-order valence-corrected chi connectivity index (χ0v) is 19.0. The minimum atomic E-state index is -0.148. The fourth-order valence-corrected chi connectivity index (χ4v) is 4.56. The van der Waals surface area contributed by atoms with E-state index in [0.717, 1.165) is 11.1 Å². The number of thiophene rings is 1. The summed E-state index contributed by atoms with van der Waals surface area (Å²) in [6.07, 6.45) is 0. The zero-order valence-electron chi connectivity index (χ0n) is 17.4. The molecule has 0 bridgehead atoms. The van der Waals surface area contributed by atoms with Gasteiger partial charge < -0.3 is 24.7 Å². The molecule has 6 nitrogen and oxygen atoms in total. The average molecular weight is 464 g/mol. The molecule has 0 amide bonds. The van der Waals surface area contributed by atoms with E-state index in [0.29, 0.717) is 40.8 Å². The van der Waals surface area contributed by atoms with Crippen LogP contribution in [0.3, 0.4) is 0 Å². The quantitative estimate of drug-likeness (QED) is 0.405. The number of aromatic amines is 1. The van der Waals surface area contributed by atoms with Crippen molar-refractivity contribution in [2.75, 3.05) is 12.1 Å². The van der Waals surface area contributed by atoms with Gasteiger partial charge in [-0.15, -0.1) is 11.3 Å². The molecule has 1 aliphatic rings. The van der Waals surface area contributed by atoms with Crippen molar-refractivity contribution in [3.63, 3.8) is 0 Å². The molecule has 2 aromatic carbocycles. The topological polar surface area (TPSA) is 66.6 Å². The van der Waals surface area contributed by atoms with Gasteiger partial charge in [0.15, 0.2) is 16.6 Å². The average Bonchev–Trinajstić information content (AvgIpc) is 3.45. The predicted molar refractivity (Wildman–Crippen MR) is 132 cm³/mol. The van der Waals surface area contributed by atoms with Crippen LogP contribution in [-0.2, 0) is 13.1 Å². The van der Waals surface area contributed by atoms with Crippen LogP contribution < -0.4 is 20.3 Å². The van der Waals surface area contributed by atoms with Crippen LogP contribution in [0.2, 0.25) is 0 Å². The van der Waals surface area contributed by atoms with Gasteiger partial charge in [-0.05, 0) is 54.9 Å². The summed E-state index contributed by atoms with van der Waals surface area (Å²) in [5.41, 5.74) is 3.29. The Bertz CT molecular complexity index is 1330. The molecule has 3 heterocycles. The minimum absolute atomic E-state index is 0.148. The van der Waals surface area contributed by atoms with Gasteiger partial charge in [0.25, 0.3) is 5.56 Å². The van der Waals surface area contributed by atoms with E-state index in [1.807, 2.05) is 59.7 Å². The molecule has 8 heteroatoms. The summed E-state index contributed by atoms with van der Waals surface area (Å²) in [5.74, 6) is 1.33. The van der Waals surface area contributed by atoms with Gasteiger partial charge in [0.1, 0.15) is 0 Å². The van der Waals surface area contributed by atoms with Crippen molar-refractivity contribution in [1.82, 2.24) is 9.88 Å². The van der Waals surface area contributed by atoms with Gasteiger partial charge in [-0.25, -0.2) is 0 Å². The monoisotopic (exact) mass is 463 g/mol. The maximum absolute atomic E-state index is 12.9. The summed E-state index contributed by atoms with van der Waals surface area (Å²) in [6, 6.07) is 17.7. The lowest BCUT2D eigenvalue weighted by Gasteiger charge is -2.25. The Morgan fingerprint density at radius 3 is 2.66 bits per heavy atom. The number of H-pyrrole nitrogens is 1. The van der Waals surface area contributed by atoms with Crippen molar-refractivity contribution in [3.05, 3.63) is 86.3 Å². The summed E-state index contributed by atoms with van der Waals surface area (Å²) < 4.78 is 10.9. The molecular weight excluding hydrogens is 442 g/mol. The van der Waals surface area contributed by atoms with Crippen molar-refractivity contribution in [3.8, 4) is 11.5 Å². The molecule has 2 aromatic heterocycles. The van der Waals surface area contributed by atoms with E-state index in [2.05, 4.69) is 16.4 Å². The molecule has 0 saturated heterocycles. The molecule has 2 N–H and O–H groups in total. The molecule has 0 saturated carbocycles. The Morgan fingerprint density at radius 2 is 1.91 bits per heavy atom. The van der Waals surface area contributed by atoms with E-state index in [4.69, 9.17) is 21.7 Å². The lowest BCUT2D eigenvalue weighted by atomic mass is 10.1. The number of aromatic nitrogens is 1. The third kappa shape index (κ3) is 4.32. The standard InChI is InChI=1S/C24H21N3O3S2/c1-15-4-6-18(7-5-15)25-24(31)27(13-19-3-2-8-32-19)12-17-9-16-10-21-22(30-14-29-21)11-20(16)26-23(17)28/h2-11H,12-14H2,1H3,(H,25,31)(H,26,28). The van der Waals surface area contributed by atoms with Crippen LogP contribution in [0, 0.1) is 6.92 Å². The van der Waals surface area contributed by atoms with Crippen LogP contribution in [0.4, 0.5) is 5.69 Å². The van der Waals surface area contributed by atoms with Crippen molar-refractivity contribution in [2.45, 2.75) is 20.0 Å². The summed E-state index contributed by atoms with van der Waals surface area (Å²) in [5, 5.41) is 6.79. The fraction of sp³-hybridized carbons (Fsp3) is 0.167. The molecule has 32 heavy (non-hydrogen) atoms. The van der Waals surface area contributed by atoms with Crippen LogP contribution in [0.1, 0.15) is 16.0 Å². The van der Waals surface area contributed by atoms with E-state index in [1.165, 1.54) is 10.4 Å². The summed E-state index contributed by atoms with van der Waals surface area (Å²) >= 11 is 7.40. The fourth-order valence-electron chi connectivity index (χ4n) is 3.59. The Morgan fingerprint density at radius 1 is 1.12 bits per heavy atom. The molecule has 0 spiro atoms. The number of anilines is 1. The molecule has 0 atom stereocenters. The van der Waals surface area contributed by atoms with Gasteiger partial charge in [-0.1, -0.05) is 23.8 Å². The third-order valence-corrected chi connectivity index (χ3v) is 6.51. The maximum Gasteiger partial charge on any atom is 0.253 e. The van der Waals surface area contributed by atoms with Crippen molar-refractivity contribution in [2.24, 2.45) is 0 Å². The SMILES string of the molecule is Cc1ccc(NC(=S)N(Cc2cccs2)Cc2cc3cc4c(cc3[nH]c2=O)OCO4)cc1. The highest BCUT2D eigenvalue weighted by Crippen LogP contribution is 2.35. The van der Waals surface area contributed by atoms with E-state index in [1.54, 1.807) is 17.4 Å². The van der Waals surface area contributed by atoms with E-state index in [9.17, 15) is 4.79 Å². The Kier molecular flexibility index (Phi) is 5.55. The number of nitrogens with one attached hydrogen (secondary N) is 2. The number of thiocarbonyl (C=S) groups is 1. The highest BCUT2D eigenvalue weighted by Gasteiger charge is 2.18. The lowest BCUT2D eigenvalue weighted by molar-refractivity contribution is 0.174. The molecular formula is C24H21N3O3S2. The first-order valence-electron chi connectivity index (χ1n) is 10.2. The second-order valence-corrected chi connectivity index (χ2v) is 9.07. The highest BCUT2D eigenvalue weighted by molar-refractivity contribution is 7.80. The molecule has 0 radical (unpaired) electrons. The number of nitrogens with zero attached hydrogens (tertiary/aromatic N) is 1. The first-order valence-corrected chi connectivity index (χ1v) is 11.4. The normalized spacial score (nSPS) is 12.2. The van der Waals surface area contributed by atoms with E-state index < -0.39 is 0 Å². The van der Waals surface area contributed by atoms with Crippen LogP contribution >= 0.6 is 23.6 Å². The summed E-state index contributed by atoms with van der Waals surface area (Å²) in [7, 11) is 0. The van der Waals surface area contributed by atoms with Crippen LogP contribution in [0.25, 0.3) is 10.9 Å². The second kappa shape index (κ2) is 8.64. The highest BCUT2D eigenvalue weighted by atomic mass is 32.1. The Labute approximate surface area is 194 Å². The number of pyridine rings is 1. The second-order valence-electron chi connectivity index (χ2n) is 7.65. The van der Waals surface area contributed by atoms with E-state index >= 15 is 0 Å². The first kappa shape index (κ1) is 20.5. The van der Waals surface area contributed by atoms with Gasteiger partial charge >= 0.3 is 0 Å². The van der Waals surface area contributed by atoms with Gasteiger partial charge in [0, 0.05) is 27.6 Å². The molecule has 0 fully saturated rings. The molecule has 0 unspecified atom stereocenters. The van der Waals surface area contributed by atoms with E-state index in [-0.39, 0.29) is 12.4 Å². The predicted octanol–water partition coefficient (Wildman–Crippen LogP) is 5.03. The van der Waals surface area contributed by atoms with Gasteiger partial charge in [0.2, 0.25) is 6.79 Å². The maximum atomic E-state index is 12.9. The smallest absolute Gasteiger partial charge is 0.253 e. The number of fused-ring (bicyclic) bond motifs is 2. The van der Waals surface area contributed by atoms with Crippen LogP contribution in [0.15, 0.2) is 64.8 Å². The number of rotatable bonds is 5. The minimum Gasteiger partial charge on any atom is -0.454 e. The number of hydrogen-bond donors (Lipinski definition) is 2. The van der Waals surface area contributed by atoms with Crippen molar-refractivity contribution >= 4 is 45.3 Å². The zero-order chi connectivity index (χ0) is 22.1. The van der Waals surface area contributed by atoms with Gasteiger partial charge in [-0.2, -0.15) is 0 Å². The third-order valence-electron chi connectivity index (χ3n) is 5.29. The summed E-state index contributed by atoms with van der Waals surface area (Å²) in [4.78, 5) is 19.0. The Balaban J connectivity index is 1.44. The molecule has 162 valence electrons. The van der Waals surface area contributed by atoms with Crippen molar-refractivity contribution < 1.29 is 9.47 Å². The molecule has 1 aliphatic heterocycles. The molecule has 5 rings (SSSR count). The van der Waals surface area contributed by atoms with Gasteiger partial charge in [-0.3, -0.25) is 4.79 Å². The number of aryl methyl sites for hydroxylation is 1. The number of benzene rings is 2.